The third-order valence-corrected chi connectivity index (χ3v) is 6.38. The van der Waals surface area contributed by atoms with Gasteiger partial charge in [-0.1, -0.05) is 78.3 Å². The van der Waals surface area contributed by atoms with E-state index in [0.717, 1.165) is 11.1 Å². The molecule has 0 aromatic heterocycles. The van der Waals surface area contributed by atoms with E-state index < -0.39 is 11.9 Å². The SMILES string of the molecule is Cc1ccccc1C(C)NC(c1ccccc1)c1cccc(C(=O)Nc2ccc(Cl)cc2C(=O)O)c1. The topological polar surface area (TPSA) is 78.4 Å². The van der Waals surface area contributed by atoms with Gasteiger partial charge in [0.2, 0.25) is 0 Å². The molecule has 2 unspecified atom stereocenters. The smallest absolute Gasteiger partial charge is 0.337 e. The molecule has 0 aliphatic heterocycles. The Kier molecular flexibility index (Phi) is 7.84. The maximum absolute atomic E-state index is 13.1. The summed E-state index contributed by atoms with van der Waals surface area (Å²) in [6.07, 6.45) is 0. The molecule has 0 radical (unpaired) electrons. The summed E-state index contributed by atoms with van der Waals surface area (Å²) in [5, 5.41) is 16.2. The van der Waals surface area contributed by atoms with Crippen molar-refractivity contribution in [3.8, 4) is 0 Å². The summed E-state index contributed by atoms with van der Waals surface area (Å²) in [6.45, 7) is 4.22. The first-order valence-corrected chi connectivity index (χ1v) is 12.0. The third kappa shape index (κ3) is 5.82. The van der Waals surface area contributed by atoms with Crippen molar-refractivity contribution in [1.82, 2.24) is 5.32 Å². The molecule has 0 saturated heterocycles. The maximum Gasteiger partial charge on any atom is 0.337 e. The fourth-order valence-electron chi connectivity index (χ4n) is 4.30. The van der Waals surface area contributed by atoms with Crippen molar-refractivity contribution >= 4 is 29.2 Å². The molecule has 4 rings (SSSR count). The average molecular weight is 499 g/mol. The summed E-state index contributed by atoms with van der Waals surface area (Å²) in [7, 11) is 0. The van der Waals surface area contributed by atoms with E-state index in [1.54, 1.807) is 12.1 Å². The third-order valence-electron chi connectivity index (χ3n) is 6.15. The van der Waals surface area contributed by atoms with Crippen LogP contribution in [0, 0.1) is 6.92 Å². The van der Waals surface area contributed by atoms with Crippen LogP contribution < -0.4 is 10.6 Å². The summed E-state index contributed by atoms with van der Waals surface area (Å²) < 4.78 is 0. The van der Waals surface area contributed by atoms with Crippen LogP contribution in [0.5, 0.6) is 0 Å². The number of carbonyl (C=O) groups is 2. The van der Waals surface area contributed by atoms with E-state index in [2.05, 4.69) is 48.7 Å². The molecular weight excluding hydrogens is 472 g/mol. The molecule has 0 aliphatic carbocycles. The Bertz CT molecular complexity index is 1390. The van der Waals surface area contributed by atoms with Gasteiger partial charge in [0.1, 0.15) is 0 Å². The van der Waals surface area contributed by atoms with Crippen LogP contribution in [0.25, 0.3) is 0 Å². The lowest BCUT2D eigenvalue weighted by molar-refractivity contribution is 0.0698. The van der Waals surface area contributed by atoms with Crippen LogP contribution in [0.4, 0.5) is 5.69 Å². The van der Waals surface area contributed by atoms with Gasteiger partial charge in [0.05, 0.1) is 17.3 Å². The van der Waals surface area contributed by atoms with Crippen LogP contribution in [-0.2, 0) is 0 Å². The number of anilines is 1. The molecule has 1 amide bonds. The van der Waals surface area contributed by atoms with Crippen LogP contribution in [0.2, 0.25) is 5.02 Å². The normalized spacial score (nSPS) is 12.5. The highest BCUT2D eigenvalue weighted by Crippen LogP contribution is 2.28. The first kappa shape index (κ1) is 25.2. The largest absolute Gasteiger partial charge is 0.478 e. The fourth-order valence-corrected chi connectivity index (χ4v) is 4.47. The Morgan fingerprint density at radius 3 is 2.25 bits per heavy atom. The lowest BCUT2D eigenvalue weighted by atomic mass is 9.94. The molecule has 5 nitrogen and oxygen atoms in total. The van der Waals surface area contributed by atoms with Crippen molar-refractivity contribution in [2.75, 3.05) is 5.32 Å². The molecule has 0 heterocycles. The molecule has 0 fully saturated rings. The number of aryl methyl sites for hydroxylation is 1. The minimum Gasteiger partial charge on any atom is -0.478 e. The molecule has 2 atom stereocenters. The van der Waals surface area contributed by atoms with E-state index in [1.807, 2.05) is 48.5 Å². The molecule has 36 heavy (non-hydrogen) atoms. The average Bonchev–Trinajstić information content (AvgIpc) is 2.89. The number of carboxylic acid groups (broad SMARTS) is 1. The lowest BCUT2D eigenvalue weighted by Crippen LogP contribution is -2.26. The first-order valence-electron chi connectivity index (χ1n) is 11.6. The Morgan fingerprint density at radius 1 is 0.833 bits per heavy atom. The van der Waals surface area contributed by atoms with E-state index in [0.29, 0.717) is 5.56 Å². The number of aromatic carboxylic acids is 1. The van der Waals surface area contributed by atoms with Gasteiger partial charge in [-0.05, 0) is 66.4 Å². The van der Waals surface area contributed by atoms with Crippen molar-refractivity contribution in [2.45, 2.75) is 25.9 Å². The Labute approximate surface area is 215 Å². The molecule has 0 aliphatic rings. The van der Waals surface area contributed by atoms with E-state index in [4.69, 9.17) is 11.6 Å². The first-order chi connectivity index (χ1) is 17.3. The quantitative estimate of drug-likeness (QED) is 0.243. The number of hydrogen-bond donors (Lipinski definition) is 3. The van der Waals surface area contributed by atoms with Crippen LogP contribution in [-0.4, -0.2) is 17.0 Å². The van der Waals surface area contributed by atoms with Crippen LogP contribution in [0.1, 0.15) is 62.0 Å². The molecule has 182 valence electrons. The zero-order valence-corrected chi connectivity index (χ0v) is 20.8. The number of benzene rings is 4. The van der Waals surface area contributed by atoms with Crippen molar-refractivity contribution in [2.24, 2.45) is 0 Å². The minimum absolute atomic E-state index is 0.0566. The molecule has 0 spiro atoms. The van der Waals surface area contributed by atoms with E-state index in [9.17, 15) is 14.7 Å². The van der Waals surface area contributed by atoms with Gasteiger partial charge in [-0.25, -0.2) is 4.79 Å². The maximum atomic E-state index is 13.1. The summed E-state index contributed by atoms with van der Waals surface area (Å²) in [6, 6.07) is 29.9. The van der Waals surface area contributed by atoms with Gasteiger partial charge < -0.3 is 10.4 Å². The standard InChI is InChI=1S/C30H27ClN2O3/c1-19-9-6-7-14-25(19)20(2)32-28(21-10-4-3-5-11-21)22-12-8-13-23(17-22)29(34)33-27-16-15-24(31)18-26(27)30(35)36/h3-18,20,28,32H,1-2H3,(H,33,34)(H,35,36). The Morgan fingerprint density at radius 2 is 1.53 bits per heavy atom. The van der Waals surface area contributed by atoms with Gasteiger partial charge in [-0.2, -0.15) is 0 Å². The van der Waals surface area contributed by atoms with Gasteiger partial charge >= 0.3 is 5.97 Å². The number of nitrogens with one attached hydrogen (secondary N) is 2. The number of rotatable bonds is 8. The second-order valence-corrected chi connectivity index (χ2v) is 9.10. The molecule has 4 aromatic rings. The molecule has 4 aromatic carbocycles. The number of halogens is 1. The van der Waals surface area contributed by atoms with Crippen LogP contribution in [0.15, 0.2) is 97.1 Å². The number of hydrogen-bond acceptors (Lipinski definition) is 3. The zero-order chi connectivity index (χ0) is 25.7. The fraction of sp³-hybridized carbons (Fsp3) is 0.133. The van der Waals surface area contributed by atoms with Gasteiger partial charge in [0.25, 0.3) is 5.91 Å². The van der Waals surface area contributed by atoms with E-state index in [1.165, 1.54) is 23.3 Å². The summed E-state index contributed by atoms with van der Waals surface area (Å²) >= 11 is 5.94. The highest BCUT2D eigenvalue weighted by atomic mass is 35.5. The minimum atomic E-state index is -1.17. The number of carboxylic acids is 1. The van der Waals surface area contributed by atoms with Crippen molar-refractivity contribution in [3.63, 3.8) is 0 Å². The summed E-state index contributed by atoms with van der Waals surface area (Å²) in [5.74, 6) is -1.57. The number of amides is 1. The number of carbonyl (C=O) groups excluding carboxylic acids is 1. The second-order valence-electron chi connectivity index (χ2n) is 8.66. The van der Waals surface area contributed by atoms with Crippen LogP contribution in [0.3, 0.4) is 0 Å². The van der Waals surface area contributed by atoms with Crippen LogP contribution >= 0.6 is 11.6 Å². The zero-order valence-electron chi connectivity index (χ0n) is 20.0. The van der Waals surface area contributed by atoms with Gasteiger partial charge in [-0.15, -0.1) is 0 Å². The van der Waals surface area contributed by atoms with Crippen molar-refractivity contribution in [3.05, 3.63) is 135 Å². The highest BCUT2D eigenvalue weighted by Gasteiger charge is 2.20. The predicted octanol–water partition coefficient (Wildman–Crippen LogP) is 7.04. The van der Waals surface area contributed by atoms with Crippen molar-refractivity contribution in [1.29, 1.82) is 0 Å². The highest BCUT2D eigenvalue weighted by molar-refractivity contribution is 6.31. The van der Waals surface area contributed by atoms with Gasteiger partial charge in [0, 0.05) is 16.6 Å². The van der Waals surface area contributed by atoms with Gasteiger partial charge in [-0.3, -0.25) is 10.1 Å². The lowest BCUT2D eigenvalue weighted by Gasteiger charge is -2.26. The Balaban J connectivity index is 1.65. The molecule has 6 heteroatoms. The van der Waals surface area contributed by atoms with E-state index >= 15 is 0 Å². The van der Waals surface area contributed by atoms with Gasteiger partial charge in [0.15, 0.2) is 0 Å². The Hall–Kier alpha value is -3.93. The van der Waals surface area contributed by atoms with E-state index in [-0.39, 0.29) is 28.4 Å². The molecular formula is C30H27ClN2O3. The summed E-state index contributed by atoms with van der Waals surface area (Å²) in [4.78, 5) is 24.7. The molecule has 0 bridgehead atoms. The summed E-state index contributed by atoms with van der Waals surface area (Å²) in [5.41, 5.74) is 4.94. The molecule has 0 saturated carbocycles. The second kappa shape index (κ2) is 11.2. The predicted molar refractivity (Wildman–Crippen MR) is 144 cm³/mol. The van der Waals surface area contributed by atoms with Crippen molar-refractivity contribution < 1.29 is 14.7 Å². The molecule has 3 N–H and O–H groups in total. The monoisotopic (exact) mass is 498 g/mol.